The molecule has 3 unspecified atom stereocenters. The number of aliphatic hydroxyl groups excluding tert-OH is 1. The summed E-state index contributed by atoms with van der Waals surface area (Å²) in [5.74, 6) is 1.28. The lowest BCUT2D eigenvalue weighted by Crippen LogP contribution is -2.58. The fourth-order valence-electron chi connectivity index (χ4n) is 5.11. The summed E-state index contributed by atoms with van der Waals surface area (Å²) in [6.45, 7) is 2.29. The van der Waals surface area contributed by atoms with Gasteiger partial charge in [0.25, 0.3) is 0 Å². The fourth-order valence-corrected chi connectivity index (χ4v) is 5.24. The van der Waals surface area contributed by atoms with Crippen molar-refractivity contribution in [2.45, 2.75) is 61.4 Å². The monoisotopic (exact) mass is 378 g/mol. The zero-order valence-corrected chi connectivity index (χ0v) is 13.7. The minimum Gasteiger partial charge on any atom is -0.458 e. The third-order valence-corrected chi connectivity index (χ3v) is 6.78. The van der Waals surface area contributed by atoms with Gasteiger partial charge in [0.05, 0.1) is 0 Å². The molecule has 3 nitrogen and oxygen atoms in total. The summed E-state index contributed by atoms with van der Waals surface area (Å²) in [6, 6.07) is 0. The predicted molar refractivity (Wildman–Crippen MR) is 81.1 cm³/mol. The number of esters is 1. The molecule has 4 bridgehead atoms. The molecular weight excluding hydrogens is 355 g/mol. The van der Waals surface area contributed by atoms with Crippen molar-refractivity contribution in [2.24, 2.45) is 17.3 Å². The zero-order valence-electron chi connectivity index (χ0n) is 11.5. The van der Waals surface area contributed by atoms with Gasteiger partial charge in [-0.05, 0) is 62.2 Å². The van der Waals surface area contributed by atoms with E-state index in [0.717, 1.165) is 38.5 Å². The minimum absolute atomic E-state index is 0.0318. The predicted octanol–water partition coefficient (Wildman–Crippen LogP) is 3.07. The molecule has 19 heavy (non-hydrogen) atoms. The van der Waals surface area contributed by atoms with E-state index in [1.807, 2.05) is 6.92 Å². The maximum Gasteiger partial charge on any atom is 0.319 e. The van der Waals surface area contributed by atoms with Gasteiger partial charge in [-0.25, -0.2) is 0 Å². The number of carbonyl (C=O) groups is 1. The summed E-state index contributed by atoms with van der Waals surface area (Å²) in [5.41, 5.74) is -0.195. The van der Waals surface area contributed by atoms with Crippen LogP contribution in [0.15, 0.2) is 0 Å². The highest BCUT2D eigenvalue weighted by atomic mass is 127. The lowest BCUT2D eigenvalue weighted by Gasteiger charge is -2.60. The van der Waals surface area contributed by atoms with Crippen molar-refractivity contribution in [1.29, 1.82) is 0 Å². The van der Waals surface area contributed by atoms with Crippen LogP contribution in [0.1, 0.15) is 51.9 Å². The van der Waals surface area contributed by atoms with Gasteiger partial charge in [-0.1, -0.05) is 29.5 Å². The Morgan fingerprint density at radius 2 is 2.00 bits per heavy atom. The van der Waals surface area contributed by atoms with Crippen LogP contribution in [0.3, 0.4) is 0 Å². The molecule has 4 heteroatoms. The van der Waals surface area contributed by atoms with Crippen LogP contribution in [-0.2, 0) is 9.53 Å². The number of halogens is 1. The van der Waals surface area contributed by atoms with Gasteiger partial charge in [0.2, 0.25) is 0 Å². The number of aliphatic hydroxyl groups is 1. The Hall–Kier alpha value is 0.160. The molecular formula is C15H23IO3. The van der Waals surface area contributed by atoms with Crippen molar-refractivity contribution in [2.75, 3.05) is 6.61 Å². The number of alkyl halides is 1. The first-order chi connectivity index (χ1) is 9.00. The smallest absolute Gasteiger partial charge is 0.319 e. The lowest BCUT2D eigenvalue weighted by atomic mass is 9.48. The van der Waals surface area contributed by atoms with Gasteiger partial charge in [-0.15, -0.1) is 0 Å². The number of ether oxygens (including phenoxy) is 1. The average Bonchev–Trinajstić information content (AvgIpc) is 2.35. The first-order valence-corrected chi connectivity index (χ1v) is 8.72. The first kappa shape index (κ1) is 14.1. The van der Waals surface area contributed by atoms with E-state index >= 15 is 0 Å². The molecule has 3 atom stereocenters. The van der Waals surface area contributed by atoms with Crippen molar-refractivity contribution < 1.29 is 14.6 Å². The van der Waals surface area contributed by atoms with E-state index < -0.39 is 0 Å². The van der Waals surface area contributed by atoms with Crippen LogP contribution in [0, 0.1) is 17.3 Å². The van der Waals surface area contributed by atoms with Crippen molar-refractivity contribution in [3.63, 3.8) is 0 Å². The maximum absolute atomic E-state index is 12.2. The van der Waals surface area contributed by atoms with E-state index in [2.05, 4.69) is 22.6 Å². The largest absolute Gasteiger partial charge is 0.458 e. The molecule has 0 spiro atoms. The van der Waals surface area contributed by atoms with Crippen molar-refractivity contribution >= 4 is 28.6 Å². The average molecular weight is 378 g/mol. The number of hydrogen-bond donors (Lipinski definition) is 1. The highest BCUT2D eigenvalue weighted by Gasteiger charge is 2.59. The maximum atomic E-state index is 12.2. The topological polar surface area (TPSA) is 46.5 Å². The molecule has 4 aliphatic rings. The molecule has 0 amide bonds. The standard InChI is InChI=1S/C15H23IO3/c1-2-12(16)13(18)19-15-6-10-3-11(7-15)5-14(4-10,8-15)9-17/h10-12,17H,2-9H2,1H3. The molecule has 0 aromatic carbocycles. The van der Waals surface area contributed by atoms with Crippen LogP contribution >= 0.6 is 22.6 Å². The number of hydrogen-bond acceptors (Lipinski definition) is 3. The summed E-state index contributed by atoms with van der Waals surface area (Å²) >= 11 is 2.18. The Kier molecular flexibility index (Phi) is 3.61. The normalized spacial score (nSPS) is 45.2. The van der Waals surface area contributed by atoms with Crippen molar-refractivity contribution in [3.8, 4) is 0 Å². The Labute approximate surface area is 128 Å². The lowest BCUT2D eigenvalue weighted by molar-refractivity contribution is -0.206. The van der Waals surface area contributed by atoms with Crippen LogP contribution < -0.4 is 0 Å². The van der Waals surface area contributed by atoms with Gasteiger partial charge in [0, 0.05) is 6.61 Å². The highest BCUT2D eigenvalue weighted by Crippen LogP contribution is 2.62. The van der Waals surface area contributed by atoms with E-state index in [1.54, 1.807) is 0 Å². The molecule has 4 saturated carbocycles. The van der Waals surface area contributed by atoms with Crippen LogP contribution in [0.4, 0.5) is 0 Å². The summed E-state index contributed by atoms with van der Waals surface area (Å²) < 4.78 is 5.94. The van der Waals surface area contributed by atoms with Crippen molar-refractivity contribution in [3.05, 3.63) is 0 Å². The van der Waals surface area contributed by atoms with Gasteiger partial charge in [-0.2, -0.15) is 0 Å². The molecule has 0 saturated heterocycles. The van der Waals surface area contributed by atoms with Gasteiger partial charge < -0.3 is 9.84 Å². The summed E-state index contributed by atoms with van der Waals surface area (Å²) in [4.78, 5) is 12.2. The summed E-state index contributed by atoms with van der Waals surface area (Å²) in [6.07, 6.45) is 7.34. The molecule has 108 valence electrons. The molecule has 0 heterocycles. The molecule has 4 aliphatic carbocycles. The van der Waals surface area contributed by atoms with Crippen LogP contribution in [0.5, 0.6) is 0 Å². The number of rotatable bonds is 4. The van der Waals surface area contributed by atoms with Crippen molar-refractivity contribution in [1.82, 2.24) is 0 Å². The summed E-state index contributed by atoms with van der Waals surface area (Å²) in [5, 5.41) is 9.79. The van der Waals surface area contributed by atoms with Gasteiger partial charge in [0.15, 0.2) is 0 Å². The molecule has 0 aromatic heterocycles. The van der Waals surface area contributed by atoms with Crippen LogP contribution in [0.2, 0.25) is 0 Å². The fraction of sp³-hybridized carbons (Fsp3) is 0.933. The molecule has 0 aliphatic heterocycles. The van der Waals surface area contributed by atoms with Crippen LogP contribution in [-0.4, -0.2) is 27.2 Å². The Bertz CT molecular complexity index is 368. The second kappa shape index (κ2) is 4.86. The SMILES string of the molecule is CCC(I)C(=O)OC12CC3CC(CC(CO)(C3)C1)C2. The Balaban J connectivity index is 1.79. The second-order valence-electron chi connectivity index (χ2n) is 7.10. The summed E-state index contributed by atoms with van der Waals surface area (Å²) in [7, 11) is 0. The number of carbonyl (C=O) groups excluding carboxylic acids is 1. The zero-order chi connectivity index (χ0) is 13.7. The van der Waals surface area contributed by atoms with E-state index in [1.165, 1.54) is 6.42 Å². The quantitative estimate of drug-likeness (QED) is 0.465. The van der Waals surface area contributed by atoms with E-state index in [9.17, 15) is 9.90 Å². The van der Waals surface area contributed by atoms with E-state index in [0.29, 0.717) is 11.8 Å². The van der Waals surface area contributed by atoms with Crippen LogP contribution in [0.25, 0.3) is 0 Å². The van der Waals surface area contributed by atoms with E-state index in [-0.39, 0.29) is 27.5 Å². The highest BCUT2D eigenvalue weighted by molar-refractivity contribution is 14.1. The van der Waals surface area contributed by atoms with E-state index in [4.69, 9.17) is 4.74 Å². The first-order valence-electron chi connectivity index (χ1n) is 7.48. The third-order valence-electron chi connectivity index (χ3n) is 5.40. The molecule has 4 rings (SSSR count). The Morgan fingerprint density at radius 3 is 2.53 bits per heavy atom. The van der Waals surface area contributed by atoms with Gasteiger partial charge >= 0.3 is 5.97 Å². The molecule has 1 N–H and O–H groups in total. The Morgan fingerprint density at radius 1 is 1.37 bits per heavy atom. The molecule has 0 aromatic rings. The molecule has 0 radical (unpaired) electrons. The molecule has 4 fully saturated rings. The van der Waals surface area contributed by atoms with Gasteiger partial charge in [0.1, 0.15) is 9.53 Å². The minimum atomic E-state index is -0.248. The third kappa shape index (κ3) is 2.43. The second-order valence-corrected chi connectivity index (χ2v) is 8.60. The van der Waals surface area contributed by atoms with Gasteiger partial charge in [-0.3, -0.25) is 4.79 Å².